The normalized spacial score (nSPS) is 20.5. The molecule has 1 aliphatic carbocycles. The Morgan fingerprint density at radius 1 is 1.47 bits per heavy atom. The molecule has 0 aromatic heterocycles. The predicted molar refractivity (Wildman–Crippen MR) is 67.7 cm³/mol. The smallest absolute Gasteiger partial charge is 0.293 e. The molecule has 0 radical (unpaired) electrons. The van der Waals surface area contributed by atoms with Crippen molar-refractivity contribution in [1.82, 2.24) is 0 Å². The second kappa shape index (κ2) is 3.93. The van der Waals surface area contributed by atoms with E-state index in [1.807, 2.05) is 6.07 Å². The molecule has 19 heavy (non-hydrogen) atoms. The minimum Gasteiger partial charge on any atom is -0.386 e. The van der Waals surface area contributed by atoms with Crippen molar-refractivity contribution in [2.75, 3.05) is 18.0 Å². The summed E-state index contributed by atoms with van der Waals surface area (Å²) in [5.74, 6) is 0.348. The highest BCUT2D eigenvalue weighted by atomic mass is 16.6. The van der Waals surface area contributed by atoms with E-state index in [0.29, 0.717) is 24.7 Å². The highest BCUT2D eigenvalue weighted by molar-refractivity contribution is 5.67. The first-order chi connectivity index (χ1) is 9.03. The zero-order valence-corrected chi connectivity index (χ0v) is 10.2. The molecule has 2 fully saturated rings. The van der Waals surface area contributed by atoms with Crippen molar-refractivity contribution < 1.29 is 10.0 Å². The standard InChI is InChI=1S/C13H13N3O3/c14-6-9-1-4-11(12(5-9)16(18)19)15-7-13(17,8-15)10-2-3-10/h1,4-5,10,17H,2-3,7-8H2. The van der Waals surface area contributed by atoms with E-state index in [9.17, 15) is 15.2 Å². The van der Waals surface area contributed by atoms with Crippen LogP contribution in [0.3, 0.4) is 0 Å². The molecule has 1 saturated heterocycles. The first kappa shape index (κ1) is 11.9. The maximum Gasteiger partial charge on any atom is 0.293 e. The molecule has 1 aromatic rings. The van der Waals surface area contributed by atoms with Gasteiger partial charge >= 0.3 is 0 Å². The molecule has 0 bridgehead atoms. The Kier molecular flexibility index (Phi) is 2.47. The number of hydrogen-bond donors (Lipinski definition) is 1. The number of nitro groups is 1. The predicted octanol–water partition coefficient (Wildman–Crippen LogP) is 1.43. The largest absolute Gasteiger partial charge is 0.386 e. The third-order valence-electron chi connectivity index (χ3n) is 3.91. The molecule has 1 N–H and O–H groups in total. The van der Waals surface area contributed by atoms with E-state index in [1.165, 1.54) is 6.07 Å². The van der Waals surface area contributed by atoms with Crippen LogP contribution in [0.1, 0.15) is 18.4 Å². The molecule has 0 atom stereocenters. The number of rotatable bonds is 3. The number of β-amino-alcohol motifs (C(OH)–C–C–N with tert-alkyl or cyclic N) is 1. The minimum absolute atomic E-state index is 0.0723. The lowest BCUT2D eigenvalue weighted by Crippen LogP contribution is -2.63. The molecule has 2 aliphatic rings. The van der Waals surface area contributed by atoms with E-state index in [2.05, 4.69) is 0 Å². The van der Waals surface area contributed by atoms with Gasteiger partial charge in [0.1, 0.15) is 11.3 Å². The fourth-order valence-electron chi connectivity index (χ4n) is 2.67. The Morgan fingerprint density at radius 3 is 2.68 bits per heavy atom. The quantitative estimate of drug-likeness (QED) is 0.655. The lowest BCUT2D eigenvalue weighted by Gasteiger charge is -2.48. The van der Waals surface area contributed by atoms with Crippen molar-refractivity contribution in [2.45, 2.75) is 18.4 Å². The summed E-state index contributed by atoms with van der Waals surface area (Å²) in [5, 5.41) is 30.1. The molecule has 1 aliphatic heterocycles. The van der Waals surface area contributed by atoms with Crippen LogP contribution in [0.2, 0.25) is 0 Å². The van der Waals surface area contributed by atoms with Crippen LogP contribution < -0.4 is 4.90 Å². The van der Waals surface area contributed by atoms with E-state index in [-0.39, 0.29) is 11.3 Å². The SMILES string of the molecule is N#Cc1ccc(N2CC(O)(C3CC3)C2)c([N+](=O)[O-])c1. The number of benzene rings is 1. The number of nitriles is 1. The first-order valence-corrected chi connectivity index (χ1v) is 6.19. The highest BCUT2D eigenvalue weighted by Crippen LogP contribution is 2.47. The van der Waals surface area contributed by atoms with E-state index >= 15 is 0 Å². The third kappa shape index (κ3) is 1.92. The van der Waals surface area contributed by atoms with Crippen LogP contribution in [0.4, 0.5) is 11.4 Å². The third-order valence-corrected chi connectivity index (χ3v) is 3.91. The van der Waals surface area contributed by atoms with Gasteiger partial charge in [0.15, 0.2) is 0 Å². The van der Waals surface area contributed by atoms with Crippen LogP contribution in [0.25, 0.3) is 0 Å². The maximum absolute atomic E-state index is 11.0. The zero-order chi connectivity index (χ0) is 13.6. The first-order valence-electron chi connectivity index (χ1n) is 6.19. The molecular weight excluding hydrogens is 246 g/mol. The van der Waals surface area contributed by atoms with Crippen LogP contribution >= 0.6 is 0 Å². The van der Waals surface area contributed by atoms with Gasteiger partial charge in [0.05, 0.1) is 16.6 Å². The van der Waals surface area contributed by atoms with Crippen molar-refractivity contribution in [2.24, 2.45) is 5.92 Å². The number of nitro benzene ring substituents is 1. The Labute approximate surface area is 110 Å². The number of hydrogen-bond acceptors (Lipinski definition) is 5. The van der Waals surface area contributed by atoms with Gasteiger partial charge in [0, 0.05) is 19.2 Å². The maximum atomic E-state index is 11.0. The van der Waals surface area contributed by atoms with Gasteiger partial charge in [-0.3, -0.25) is 10.1 Å². The average Bonchev–Trinajstić information content (AvgIpc) is 3.18. The fourth-order valence-corrected chi connectivity index (χ4v) is 2.67. The average molecular weight is 259 g/mol. The summed E-state index contributed by atoms with van der Waals surface area (Å²) >= 11 is 0. The van der Waals surface area contributed by atoms with Gasteiger partial charge in [-0.25, -0.2) is 0 Å². The lowest BCUT2D eigenvalue weighted by atomic mass is 9.88. The number of anilines is 1. The van der Waals surface area contributed by atoms with Gasteiger partial charge in [-0.2, -0.15) is 5.26 Å². The van der Waals surface area contributed by atoms with Crippen LogP contribution in [0.15, 0.2) is 18.2 Å². The van der Waals surface area contributed by atoms with Crippen molar-refractivity contribution in [1.29, 1.82) is 5.26 Å². The van der Waals surface area contributed by atoms with E-state index in [1.54, 1.807) is 17.0 Å². The van der Waals surface area contributed by atoms with E-state index in [0.717, 1.165) is 12.8 Å². The topological polar surface area (TPSA) is 90.4 Å². The molecule has 0 spiro atoms. The molecule has 1 heterocycles. The van der Waals surface area contributed by atoms with Gasteiger partial charge in [-0.1, -0.05) is 0 Å². The van der Waals surface area contributed by atoms with Crippen LogP contribution in [-0.4, -0.2) is 28.7 Å². The zero-order valence-electron chi connectivity index (χ0n) is 10.2. The fraction of sp³-hybridized carbons (Fsp3) is 0.462. The number of nitrogens with zero attached hydrogens (tertiary/aromatic N) is 3. The van der Waals surface area contributed by atoms with Crippen LogP contribution in [0, 0.1) is 27.4 Å². The van der Waals surface area contributed by atoms with Crippen molar-refractivity contribution in [3.63, 3.8) is 0 Å². The highest BCUT2D eigenvalue weighted by Gasteiger charge is 2.52. The van der Waals surface area contributed by atoms with Crippen LogP contribution in [-0.2, 0) is 0 Å². The summed E-state index contributed by atoms with van der Waals surface area (Å²) < 4.78 is 0. The summed E-state index contributed by atoms with van der Waals surface area (Å²) in [6.45, 7) is 0.870. The summed E-state index contributed by atoms with van der Waals surface area (Å²) in [6.07, 6.45) is 2.08. The van der Waals surface area contributed by atoms with Gasteiger partial charge in [-0.15, -0.1) is 0 Å². The van der Waals surface area contributed by atoms with Gasteiger partial charge in [-0.05, 0) is 30.9 Å². The summed E-state index contributed by atoms with van der Waals surface area (Å²) in [7, 11) is 0. The molecule has 6 heteroatoms. The Morgan fingerprint density at radius 2 is 2.16 bits per heavy atom. The molecule has 0 amide bonds. The molecule has 6 nitrogen and oxygen atoms in total. The molecule has 3 rings (SSSR count). The Hall–Kier alpha value is -2.13. The van der Waals surface area contributed by atoms with E-state index in [4.69, 9.17) is 5.26 Å². The molecule has 98 valence electrons. The lowest BCUT2D eigenvalue weighted by molar-refractivity contribution is -0.384. The molecule has 1 saturated carbocycles. The summed E-state index contributed by atoms with van der Waals surface area (Å²) in [5.41, 5.74) is 0.00143. The molecule has 1 aromatic carbocycles. The minimum atomic E-state index is -0.679. The van der Waals surface area contributed by atoms with Crippen molar-refractivity contribution in [3.8, 4) is 6.07 Å². The van der Waals surface area contributed by atoms with Gasteiger partial charge < -0.3 is 10.0 Å². The molecular formula is C13H13N3O3. The summed E-state index contributed by atoms with van der Waals surface area (Å²) in [4.78, 5) is 12.4. The van der Waals surface area contributed by atoms with Gasteiger partial charge in [0.2, 0.25) is 0 Å². The Bertz CT molecular complexity index is 583. The van der Waals surface area contributed by atoms with Crippen molar-refractivity contribution >= 4 is 11.4 Å². The monoisotopic (exact) mass is 259 g/mol. The second-order valence-corrected chi connectivity index (χ2v) is 5.31. The van der Waals surface area contributed by atoms with E-state index < -0.39 is 10.5 Å². The van der Waals surface area contributed by atoms with Crippen LogP contribution in [0.5, 0.6) is 0 Å². The van der Waals surface area contributed by atoms with Crippen molar-refractivity contribution in [3.05, 3.63) is 33.9 Å². The number of aliphatic hydroxyl groups is 1. The Balaban J connectivity index is 1.86. The summed E-state index contributed by atoms with van der Waals surface area (Å²) in [6, 6.07) is 6.33. The second-order valence-electron chi connectivity index (χ2n) is 5.31. The van der Waals surface area contributed by atoms with Gasteiger partial charge in [0.25, 0.3) is 5.69 Å². The molecule has 0 unspecified atom stereocenters.